The lowest BCUT2D eigenvalue weighted by Gasteiger charge is -2.37. The van der Waals surface area contributed by atoms with Gasteiger partial charge in [-0.3, -0.25) is 4.79 Å². The van der Waals surface area contributed by atoms with E-state index in [1.165, 1.54) is 15.4 Å². The van der Waals surface area contributed by atoms with Gasteiger partial charge in [0.05, 0.1) is 0 Å². The van der Waals surface area contributed by atoms with Crippen molar-refractivity contribution < 1.29 is 19.4 Å². The van der Waals surface area contributed by atoms with Gasteiger partial charge < -0.3 is 15.1 Å². The summed E-state index contributed by atoms with van der Waals surface area (Å²) in [5.41, 5.74) is 0.654. The van der Waals surface area contributed by atoms with Gasteiger partial charge in [-0.25, -0.2) is 9.69 Å². The molecule has 0 unspecified atom stereocenters. The van der Waals surface area contributed by atoms with Crippen molar-refractivity contribution in [2.45, 2.75) is 44.7 Å². The van der Waals surface area contributed by atoms with Gasteiger partial charge in [-0.05, 0) is 30.9 Å². The minimum atomic E-state index is -0.642. The van der Waals surface area contributed by atoms with Crippen molar-refractivity contribution in [1.29, 1.82) is 0 Å². The van der Waals surface area contributed by atoms with Crippen molar-refractivity contribution in [3.63, 3.8) is 0 Å². The summed E-state index contributed by atoms with van der Waals surface area (Å²) in [4.78, 5) is 30.1. The average Bonchev–Trinajstić information content (AvgIpc) is 2.92. The van der Waals surface area contributed by atoms with Gasteiger partial charge in [-0.2, -0.15) is 0 Å². The molecule has 1 aromatic rings. The van der Waals surface area contributed by atoms with E-state index in [0.29, 0.717) is 6.67 Å². The van der Waals surface area contributed by atoms with Crippen molar-refractivity contribution in [3.8, 4) is 0 Å². The van der Waals surface area contributed by atoms with Gasteiger partial charge in [-0.1, -0.05) is 43.5 Å². The number of imide groups is 1. The highest BCUT2D eigenvalue weighted by molar-refractivity contribution is 6.30. The number of rotatable bonds is 4. The van der Waals surface area contributed by atoms with E-state index >= 15 is 0 Å². The largest absolute Gasteiger partial charge is 0.329 e. The number of halogens is 1. The minimum absolute atomic E-state index is 0.00754. The van der Waals surface area contributed by atoms with Crippen LogP contribution in [-0.2, 0) is 11.3 Å². The van der Waals surface area contributed by atoms with Crippen molar-refractivity contribution in [3.05, 3.63) is 34.9 Å². The maximum atomic E-state index is 13.1. The molecule has 1 aromatic carbocycles. The number of hydrogen-bond acceptors (Lipinski definition) is 2. The van der Waals surface area contributed by atoms with Gasteiger partial charge in [0.15, 0.2) is 6.67 Å². The molecule has 3 N–H and O–H groups in total. The van der Waals surface area contributed by atoms with Crippen molar-refractivity contribution >= 4 is 23.5 Å². The first kappa shape index (κ1) is 19.7. The fraction of sp³-hybridized carbons (Fsp3) is 0.619. The van der Waals surface area contributed by atoms with E-state index < -0.39 is 5.54 Å². The molecule has 0 aromatic heterocycles. The van der Waals surface area contributed by atoms with Crippen LogP contribution in [0, 0.1) is 5.92 Å². The van der Waals surface area contributed by atoms with Crippen LogP contribution in [0.3, 0.4) is 0 Å². The van der Waals surface area contributed by atoms with E-state index in [0.717, 1.165) is 63.4 Å². The van der Waals surface area contributed by atoms with E-state index in [1.807, 2.05) is 12.1 Å². The normalized spacial score (nSPS) is 33.4. The lowest BCUT2D eigenvalue weighted by molar-refractivity contribution is -1.02. The predicted molar refractivity (Wildman–Crippen MR) is 107 cm³/mol. The molecule has 3 aliphatic rings. The third-order valence-corrected chi connectivity index (χ3v) is 7.17. The molecule has 2 heterocycles. The molecule has 1 aliphatic carbocycles. The summed E-state index contributed by atoms with van der Waals surface area (Å²) < 4.78 is 0. The zero-order valence-corrected chi connectivity index (χ0v) is 17.4. The second-order valence-electron chi connectivity index (χ2n) is 8.74. The van der Waals surface area contributed by atoms with Crippen molar-refractivity contribution in [2.75, 3.05) is 32.8 Å². The smallest absolute Gasteiger partial charge is 0.323 e. The first-order valence-electron chi connectivity index (χ1n) is 10.5. The Balaban J connectivity index is 1.31. The number of urea groups is 1. The molecule has 7 heteroatoms. The highest BCUT2D eigenvalue weighted by atomic mass is 35.5. The molecule has 0 radical (unpaired) electrons. The molecule has 1 saturated carbocycles. The Morgan fingerprint density at radius 3 is 2.46 bits per heavy atom. The summed E-state index contributed by atoms with van der Waals surface area (Å²) in [7, 11) is 0. The van der Waals surface area contributed by atoms with Crippen LogP contribution in [0.1, 0.15) is 38.2 Å². The summed E-state index contributed by atoms with van der Waals surface area (Å²) in [6.07, 6.45) is 3.96. The Labute approximate surface area is 171 Å². The molecule has 152 valence electrons. The van der Waals surface area contributed by atoms with E-state index in [-0.39, 0.29) is 17.9 Å². The average molecular weight is 407 g/mol. The van der Waals surface area contributed by atoms with Crippen molar-refractivity contribution in [2.24, 2.45) is 5.92 Å². The summed E-state index contributed by atoms with van der Waals surface area (Å²) in [6.45, 7) is 7.63. The number of quaternary nitrogens is 2. The Morgan fingerprint density at radius 2 is 1.79 bits per heavy atom. The van der Waals surface area contributed by atoms with Crippen LogP contribution < -0.4 is 15.1 Å². The van der Waals surface area contributed by atoms with Gasteiger partial charge in [-0.15, -0.1) is 0 Å². The summed E-state index contributed by atoms with van der Waals surface area (Å²) >= 11 is 5.97. The third-order valence-electron chi connectivity index (χ3n) is 6.91. The molecule has 6 nitrogen and oxygen atoms in total. The summed E-state index contributed by atoms with van der Waals surface area (Å²) in [6, 6.07) is 7.87. The predicted octanol–water partition coefficient (Wildman–Crippen LogP) is 0.0816. The molecule has 2 saturated heterocycles. The fourth-order valence-corrected chi connectivity index (χ4v) is 5.17. The number of carbonyl (C=O) groups is 2. The fourth-order valence-electron chi connectivity index (χ4n) is 5.05. The molecule has 3 amide bonds. The van der Waals surface area contributed by atoms with E-state index in [4.69, 9.17) is 11.6 Å². The van der Waals surface area contributed by atoms with Crippen LogP contribution in [0.2, 0.25) is 5.02 Å². The molecule has 3 fully saturated rings. The number of carbonyl (C=O) groups excluding carboxylic acids is 2. The second-order valence-corrected chi connectivity index (χ2v) is 9.18. The quantitative estimate of drug-likeness (QED) is 0.620. The monoisotopic (exact) mass is 406 g/mol. The van der Waals surface area contributed by atoms with Crippen LogP contribution in [0.4, 0.5) is 4.79 Å². The molecule has 2 aliphatic heterocycles. The number of nitrogens with zero attached hydrogens (tertiary/aromatic N) is 1. The molecular weight excluding hydrogens is 376 g/mol. The summed E-state index contributed by atoms with van der Waals surface area (Å²) in [5.74, 6) is 0.228. The number of piperazine rings is 1. The Morgan fingerprint density at radius 1 is 1.11 bits per heavy atom. The lowest BCUT2D eigenvalue weighted by Crippen LogP contribution is -3.28. The molecule has 4 rings (SSSR count). The lowest BCUT2D eigenvalue weighted by atomic mass is 9.73. The van der Waals surface area contributed by atoms with Gasteiger partial charge in [0.2, 0.25) is 0 Å². The molecule has 1 spiro atoms. The zero-order valence-electron chi connectivity index (χ0n) is 16.6. The van der Waals surface area contributed by atoms with E-state index in [9.17, 15) is 9.59 Å². The van der Waals surface area contributed by atoms with Gasteiger partial charge >= 0.3 is 6.03 Å². The standard InChI is InChI=1S/C21H29ClN4O2/c1-16-4-2-3-9-21(16)19(27)26(20(28)23-21)15-25-12-10-24(11-13-25)14-17-5-7-18(22)8-6-17/h5-8,16H,2-4,9-15H2,1H3,(H,23,28)/p+2/t16-,21-/m1/s1. The van der Waals surface area contributed by atoms with Crippen LogP contribution in [0.5, 0.6) is 0 Å². The summed E-state index contributed by atoms with van der Waals surface area (Å²) in [5, 5.41) is 3.83. The van der Waals surface area contributed by atoms with Crippen LogP contribution in [0.25, 0.3) is 0 Å². The van der Waals surface area contributed by atoms with E-state index in [2.05, 4.69) is 24.4 Å². The van der Waals surface area contributed by atoms with Gasteiger partial charge in [0, 0.05) is 10.6 Å². The Hall–Kier alpha value is -1.63. The first-order valence-corrected chi connectivity index (χ1v) is 10.9. The maximum Gasteiger partial charge on any atom is 0.329 e. The first-order chi connectivity index (χ1) is 13.5. The number of nitrogens with one attached hydrogen (secondary N) is 3. The SMILES string of the molecule is C[C@@H]1CCCC[C@@]12NC(=O)N(C[NH+]1CC[NH+](Cc3ccc(Cl)cc3)CC1)C2=O. The Kier molecular flexibility index (Phi) is 5.63. The third kappa shape index (κ3) is 3.78. The second kappa shape index (κ2) is 8.01. The van der Waals surface area contributed by atoms with Crippen LogP contribution in [0.15, 0.2) is 24.3 Å². The van der Waals surface area contributed by atoms with Gasteiger partial charge in [0.1, 0.15) is 38.3 Å². The van der Waals surface area contributed by atoms with Crippen molar-refractivity contribution in [1.82, 2.24) is 10.2 Å². The minimum Gasteiger partial charge on any atom is -0.323 e. The highest BCUT2D eigenvalue weighted by Gasteiger charge is 2.55. The van der Waals surface area contributed by atoms with Crippen LogP contribution in [-0.4, -0.2) is 55.2 Å². The van der Waals surface area contributed by atoms with E-state index in [1.54, 1.807) is 4.90 Å². The van der Waals surface area contributed by atoms with Crippen LogP contribution >= 0.6 is 11.6 Å². The highest BCUT2D eigenvalue weighted by Crippen LogP contribution is 2.37. The molecule has 2 atom stereocenters. The maximum absolute atomic E-state index is 13.1. The molecule has 28 heavy (non-hydrogen) atoms. The molecule has 0 bridgehead atoms. The topological polar surface area (TPSA) is 58.3 Å². The number of benzene rings is 1. The number of hydrogen-bond donors (Lipinski definition) is 3. The zero-order chi connectivity index (χ0) is 19.7. The molecular formula is C21H31ClN4O2+2. The Bertz CT molecular complexity index is 732. The number of amides is 3. The van der Waals surface area contributed by atoms with Gasteiger partial charge in [0.25, 0.3) is 5.91 Å².